The predicted molar refractivity (Wildman–Crippen MR) is 231 cm³/mol. The highest BCUT2D eigenvalue weighted by atomic mass is 15.1. The van der Waals surface area contributed by atoms with Crippen molar-refractivity contribution in [2.75, 3.05) is 4.90 Å². The first kappa shape index (κ1) is 32.8. The summed E-state index contributed by atoms with van der Waals surface area (Å²) in [6.07, 6.45) is 0. The fraction of sp³-hybridized carbons (Fsp3) is 0.0196. The Labute approximate surface area is 324 Å². The molecule has 0 atom stereocenters. The van der Waals surface area contributed by atoms with E-state index in [2.05, 4.69) is 171 Å². The molecule has 2 heterocycles. The molecule has 0 aliphatic heterocycles. The lowest BCUT2D eigenvalue weighted by Gasteiger charge is -2.25. The number of anilines is 3. The van der Waals surface area contributed by atoms with Crippen LogP contribution in [0.25, 0.3) is 71.0 Å². The average Bonchev–Trinajstić information content (AvgIpc) is 3.76. The van der Waals surface area contributed by atoms with Gasteiger partial charge in [-0.2, -0.15) is 5.26 Å². The average molecular weight is 716 g/mol. The van der Waals surface area contributed by atoms with Gasteiger partial charge in [0.15, 0.2) is 0 Å². The smallest absolute Gasteiger partial charge is 0.210 e. The summed E-state index contributed by atoms with van der Waals surface area (Å²) in [7, 11) is 0. The van der Waals surface area contributed by atoms with Crippen LogP contribution in [0.3, 0.4) is 0 Å². The first-order valence-corrected chi connectivity index (χ1v) is 18.6. The number of fused-ring (bicyclic) bond motifs is 6. The highest BCUT2D eigenvalue weighted by Gasteiger charge is 2.20. The lowest BCUT2D eigenvalue weighted by Crippen LogP contribution is -2.09. The number of aromatic nitrogens is 2. The summed E-state index contributed by atoms with van der Waals surface area (Å²) < 4.78 is 4.45. The Morgan fingerprint density at radius 1 is 0.482 bits per heavy atom. The SMILES string of the molecule is [C-]#[N+]c1ccc(-c2ccc(C#N)c(-n3c4ccccc4c4ccc(C)cc43)c2)cc1-n1c2ccccc2c2ccc(N(c3ccccc3)c3ccccc3)cc21. The Balaban J connectivity index is 1.19. The molecule has 0 aliphatic carbocycles. The van der Waals surface area contributed by atoms with Gasteiger partial charge in [-0.25, -0.2) is 4.85 Å². The first-order chi connectivity index (χ1) is 27.6. The Hall–Kier alpha value is -7.86. The predicted octanol–water partition coefficient (Wildman–Crippen LogP) is 13.7. The van der Waals surface area contributed by atoms with E-state index in [0.29, 0.717) is 11.3 Å². The highest BCUT2D eigenvalue weighted by Crippen LogP contribution is 2.42. The second-order valence-electron chi connectivity index (χ2n) is 14.1. The van der Waals surface area contributed by atoms with Gasteiger partial charge in [0.1, 0.15) is 6.07 Å². The fourth-order valence-corrected chi connectivity index (χ4v) is 8.27. The number of hydrogen-bond acceptors (Lipinski definition) is 2. The maximum atomic E-state index is 10.4. The monoisotopic (exact) mass is 715 g/mol. The molecule has 8 aromatic carbocycles. The molecule has 2 aromatic heterocycles. The quantitative estimate of drug-likeness (QED) is 0.161. The zero-order valence-electron chi connectivity index (χ0n) is 30.6. The van der Waals surface area contributed by atoms with Crippen molar-refractivity contribution in [3.05, 3.63) is 205 Å². The van der Waals surface area contributed by atoms with Gasteiger partial charge in [0.05, 0.1) is 45.6 Å². The van der Waals surface area contributed by atoms with Crippen molar-refractivity contribution < 1.29 is 0 Å². The molecule has 0 N–H and O–H groups in total. The van der Waals surface area contributed by atoms with Crippen molar-refractivity contribution in [2.24, 2.45) is 0 Å². The minimum atomic E-state index is 0.552. The third kappa shape index (κ3) is 5.22. The van der Waals surface area contributed by atoms with E-state index in [1.807, 2.05) is 42.5 Å². The molecule has 10 aromatic rings. The topological polar surface area (TPSA) is 41.2 Å². The van der Waals surface area contributed by atoms with Gasteiger partial charge in [0.25, 0.3) is 0 Å². The molecule has 0 bridgehead atoms. The molecular formula is C51H33N5. The van der Waals surface area contributed by atoms with Crippen molar-refractivity contribution in [3.8, 4) is 28.6 Å². The molecule has 0 radical (unpaired) electrons. The third-order valence-corrected chi connectivity index (χ3v) is 10.8. The lowest BCUT2D eigenvalue weighted by molar-refractivity contribution is 1.16. The molecular weight excluding hydrogens is 683 g/mol. The molecule has 0 amide bonds. The first-order valence-electron chi connectivity index (χ1n) is 18.6. The van der Waals surface area contributed by atoms with Gasteiger partial charge in [-0.15, -0.1) is 0 Å². The number of hydrogen-bond donors (Lipinski definition) is 0. The molecule has 0 spiro atoms. The van der Waals surface area contributed by atoms with E-state index in [9.17, 15) is 5.26 Å². The van der Waals surface area contributed by atoms with Crippen LogP contribution in [0.4, 0.5) is 22.7 Å². The molecule has 0 aliphatic rings. The normalized spacial score (nSPS) is 11.3. The minimum Gasteiger partial charge on any atom is -0.319 e. The Kier molecular flexibility index (Phi) is 7.73. The summed E-state index contributed by atoms with van der Waals surface area (Å²) in [6.45, 7) is 10.4. The summed E-state index contributed by atoms with van der Waals surface area (Å²) in [5.41, 5.74) is 13.1. The summed E-state index contributed by atoms with van der Waals surface area (Å²) >= 11 is 0. The molecule has 0 saturated carbocycles. The van der Waals surface area contributed by atoms with Crippen molar-refractivity contribution >= 4 is 66.4 Å². The molecule has 0 fully saturated rings. The second-order valence-corrected chi connectivity index (χ2v) is 14.1. The van der Waals surface area contributed by atoms with Crippen LogP contribution in [0, 0.1) is 24.8 Å². The van der Waals surface area contributed by atoms with E-state index in [-0.39, 0.29) is 0 Å². The van der Waals surface area contributed by atoms with Gasteiger partial charge in [-0.3, -0.25) is 0 Å². The van der Waals surface area contributed by atoms with Crippen molar-refractivity contribution in [3.63, 3.8) is 0 Å². The summed E-state index contributed by atoms with van der Waals surface area (Å²) in [5.74, 6) is 0. The van der Waals surface area contributed by atoms with Gasteiger partial charge < -0.3 is 14.0 Å². The van der Waals surface area contributed by atoms with Gasteiger partial charge >= 0.3 is 0 Å². The van der Waals surface area contributed by atoms with E-state index >= 15 is 0 Å². The summed E-state index contributed by atoms with van der Waals surface area (Å²) in [4.78, 5) is 6.33. The number of nitriles is 1. The summed E-state index contributed by atoms with van der Waals surface area (Å²) in [6, 6.07) is 65.3. The second kappa shape index (κ2) is 13.2. The van der Waals surface area contributed by atoms with Crippen LogP contribution in [-0.2, 0) is 0 Å². The van der Waals surface area contributed by atoms with Crippen molar-refractivity contribution in [1.29, 1.82) is 5.26 Å². The zero-order valence-corrected chi connectivity index (χ0v) is 30.6. The maximum Gasteiger partial charge on any atom is 0.210 e. The number of nitrogens with zero attached hydrogens (tertiary/aromatic N) is 5. The van der Waals surface area contributed by atoms with Crippen LogP contribution in [0.15, 0.2) is 182 Å². The Morgan fingerprint density at radius 2 is 1.00 bits per heavy atom. The van der Waals surface area contributed by atoms with Crippen molar-refractivity contribution in [2.45, 2.75) is 6.92 Å². The van der Waals surface area contributed by atoms with Gasteiger partial charge in [-0.1, -0.05) is 109 Å². The maximum absolute atomic E-state index is 10.4. The minimum absolute atomic E-state index is 0.552. The van der Waals surface area contributed by atoms with E-state index < -0.39 is 0 Å². The van der Waals surface area contributed by atoms with Gasteiger partial charge in [-0.05, 0) is 96.4 Å². The Bertz CT molecular complexity index is 3190. The molecule has 0 unspecified atom stereocenters. The van der Waals surface area contributed by atoms with Crippen LogP contribution in [0.2, 0.25) is 0 Å². The fourth-order valence-electron chi connectivity index (χ4n) is 8.27. The lowest BCUT2D eigenvalue weighted by atomic mass is 10.0. The van der Waals surface area contributed by atoms with E-state index in [1.165, 1.54) is 0 Å². The van der Waals surface area contributed by atoms with Crippen LogP contribution in [0.1, 0.15) is 11.1 Å². The van der Waals surface area contributed by atoms with Crippen LogP contribution < -0.4 is 4.90 Å². The standard InChI is InChI=1S/C51H33N5/c1-34-21-26-43-41-17-9-11-19-46(41)55(49(43)29-34)48-30-35(22-23-37(48)33-52)36-24-28-45(53-2)51(31-36)56-47-20-12-10-18-42(47)44-27-25-40(32-50(44)56)54(38-13-5-3-6-14-38)39-15-7-4-8-16-39/h3-32H,1H3. The Morgan fingerprint density at radius 3 is 1.62 bits per heavy atom. The molecule has 0 saturated heterocycles. The number of para-hydroxylation sites is 4. The molecule has 262 valence electrons. The van der Waals surface area contributed by atoms with Crippen LogP contribution >= 0.6 is 0 Å². The highest BCUT2D eigenvalue weighted by molar-refractivity contribution is 6.11. The number of rotatable bonds is 6. The van der Waals surface area contributed by atoms with E-state index in [0.717, 1.165) is 88.7 Å². The number of benzene rings is 8. The third-order valence-electron chi connectivity index (χ3n) is 10.8. The van der Waals surface area contributed by atoms with E-state index in [1.54, 1.807) is 0 Å². The molecule has 56 heavy (non-hydrogen) atoms. The van der Waals surface area contributed by atoms with Crippen LogP contribution in [0.5, 0.6) is 0 Å². The van der Waals surface area contributed by atoms with Crippen LogP contribution in [-0.4, -0.2) is 9.13 Å². The van der Waals surface area contributed by atoms with Gasteiger partial charge in [0, 0.05) is 38.6 Å². The number of aryl methyl sites for hydroxylation is 1. The molecule has 10 rings (SSSR count). The zero-order chi connectivity index (χ0) is 37.8. The summed E-state index contributed by atoms with van der Waals surface area (Å²) in [5, 5.41) is 14.9. The van der Waals surface area contributed by atoms with Gasteiger partial charge in [0.2, 0.25) is 5.69 Å². The largest absolute Gasteiger partial charge is 0.319 e. The van der Waals surface area contributed by atoms with E-state index in [4.69, 9.17) is 6.57 Å². The molecule has 5 nitrogen and oxygen atoms in total. The molecule has 5 heteroatoms. The van der Waals surface area contributed by atoms with Crippen molar-refractivity contribution in [1.82, 2.24) is 9.13 Å².